The van der Waals surface area contributed by atoms with Gasteiger partial charge in [-0.3, -0.25) is 0 Å². The van der Waals surface area contributed by atoms with Gasteiger partial charge in [-0.05, 0) is 49.4 Å². The van der Waals surface area contributed by atoms with Gasteiger partial charge in [-0.1, -0.05) is 32.6 Å². The smallest absolute Gasteiger partial charge is 0.126 e. The van der Waals surface area contributed by atoms with Crippen molar-refractivity contribution in [2.24, 2.45) is 5.92 Å². The molecule has 1 atom stereocenters. The summed E-state index contributed by atoms with van der Waals surface area (Å²) in [5, 5.41) is 3.45. The molecule has 0 aromatic heterocycles. The number of rotatable bonds is 7. The normalized spacial score (nSPS) is 17.6. The predicted molar refractivity (Wildman–Crippen MR) is 78.7 cm³/mol. The molecule has 1 unspecified atom stereocenters. The summed E-state index contributed by atoms with van der Waals surface area (Å²) in [6.07, 6.45) is 8.47. The van der Waals surface area contributed by atoms with Crippen LogP contribution < -0.4 is 5.32 Å². The average molecular weight is 281 g/mol. The van der Waals surface area contributed by atoms with E-state index in [4.69, 9.17) is 0 Å². The molecule has 1 saturated carbocycles. The molecule has 1 N–H and O–H groups in total. The van der Waals surface area contributed by atoms with Crippen LogP contribution in [0.4, 0.5) is 8.78 Å². The highest BCUT2D eigenvalue weighted by Gasteiger charge is 2.17. The largest absolute Gasteiger partial charge is 0.314 e. The molecule has 1 aromatic carbocycles. The molecule has 1 aliphatic rings. The number of halogens is 2. The minimum absolute atomic E-state index is 0.321. The summed E-state index contributed by atoms with van der Waals surface area (Å²) < 4.78 is 26.5. The quantitative estimate of drug-likeness (QED) is 0.778. The Balaban J connectivity index is 1.89. The molecule has 0 aliphatic heterocycles. The maximum atomic E-state index is 13.2. The lowest BCUT2D eigenvalue weighted by Crippen LogP contribution is -2.31. The third kappa shape index (κ3) is 4.86. The number of hydrogen-bond acceptors (Lipinski definition) is 1. The van der Waals surface area contributed by atoms with Gasteiger partial charge in [0.2, 0.25) is 0 Å². The Bertz CT molecular complexity index is 393. The van der Waals surface area contributed by atoms with Crippen LogP contribution in [0.5, 0.6) is 0 Å². The van der Waals surface area contributed by atoms with Gasteiger partial charge < -0.3 is 5.32 Å². The first-order chi connectivity index (χ1) is 9.67. The van der Waals surface area contributed by atoms with Crippen molar-refractivity contribution >= 4 is 0 Å². The van der Waals surface area contributed by atoms with Crippen molar-refractivity contribution in [2.75, 3.05) is 6.54 Å². The number of nitrogens with one attached hydrogen (secondary N) is 1. The Kier molecular flexibility index (Phi) is 5.96. The molecule has 1 nitrogen and oxygen atoms in total. The molecule has 0 amide bonds. The van der Waals surface area contributed by atoms with Gasteiger partial charge in [0.1, 0.15) is 11.6 Å². The molecule has 0 radical (unpaired) electrons. The fourth-order valence-corrected chi connectivity index (χ4v) is 3.31. The first kappa shape index (κ1) is 15.4. The number of likely N-dealkylation sites (N-methyl/N-ethyl adjacent to an activating group) is 1. The first-order valence-electron chi connectivity index (χ1n) is 7.85. The lowest BCUT2D eigenvalue weighted by atomic mass is 9.95. The molecule has 1 aliphatic carbocycles. The summed E-state index contributed by atoms with van der Waals surface area (Å²) >= 11 is 0. The van der Waals surface area contributed by atoms with Crippen LogP contribution in [-0.2, 0) is 6.42 Å². The Hall–Kier alpha value is -0.960. The van der Waals surface area contributed by atoms with Crippen LogP contribution in [0.2, 0.25) is 0 Å². The van der Waals surface area contributed by atoms with Crippen molar-refractivity contribution in [3.05, 3.63) is 35.4 Å². The summed E-state index contributed by atoms with van der Waals surface area (Å²) in [6, 6.07) is 4.15. The van der Waals surface area contributed by atoms with E-state index < -0.39 is 11.6 Å². The molecule has 0 heterocycles. The van der Waals surface area contributed by atoms with Crippen molar-refractivity contribution in [2.45, 2.75) is 57.9 Å². The Morgan fingerprint density at radius 2 is 1.80 bits per heavy atom. The highest BCUT2D eigenvalue weighted by molar-refractivity contribution is 5.19. The second kappa shape index (κ2) is 7.72. The van der Waals surface area contributed by atoms with Gasteiger partial charge in [-0.2, -0.15) is 0 Å². The highest BCUT2D eigenvalue weighted by Crippen LogP contribution is 2.29. The van der Waals surface area contributed by atoms with Gasteiger partial charge in [0.05, 0.1) is 0 Å². The van der Waals surface area contributed by atoms with Crippen LogP contribution in [-0.4, -0.2) is 12.6 Å². The molecular weight excluding hydrogens is 256 g/mol. The van der Waals surface area contributed by atoms with E-state index >= 15 is 0 Å². The molecule has 1 aromatic rings. The SMILES string of the molecule is CCNC(CCC1CCCC1)Cc1cc(F)cc(F)c1. The van der Waals surface area contributed by atoms with Crippen LogP contribution in [0.1, 0.15) is 51.0 Å². The standard InChI is InChI=1S/C17H25F2N/c1-2-20-17(8-7-13-5-3-4-6-13)11-14-9-15(18)12-16(19)10-14/h9-10,12-13,17,20H,2-8,11H2,1H3. The lowest BCUT2D eigenvalue weighted by Gasteiger charge is -2.20. The maximum Gasteiger partial charge on any atom is 0.126 e. The minimum atomic E-state index is -0.481. The van der Waals surface area contributed by atoms with Crippen LogP contribution in [0, 0.1) is 17.6 Å². The van der Waals surface area contributed by atoms with Gasteiger partial charge in [0.15, 0.2) is 0 Å². The molecule has 0 saturated heterocycles. The molecule has 3 heteroatoms. The van der Waals surface area contributed by atoms with E-state index in [0.717, 1.165) is 30.5 Å². The van der Waals surface area contributed by atoms with Gasteiger partial charge >= 0.3 is 0 Å². The Morgan fingerprint density at radius 1 is 1.15 bits per heavy atom. The Labute approximate surface area is 120 Å². The van der Waals surface area contributed by atoms with Crippen molar-refractivity contribution < 1.29 is 8.78 Å². The summed E-state index contributed by atoms with van der Waals surface area (Å²) in [6.45, 7) is 2.97. The zero-order chi connectivity index (χ0) is 14.4. The van der Waals surface area contributed by atoms with Crippen molar-refractivity contribution in [3.8, 4) is 0 Å². The second-order valence-electron chi connectivity index (χ2n) is 5.96. The zero-order valence-corrected chi connectivity index (χ0v) is 12.3. The molecule has 112 valence electrons. The van der Waals surface area contributed by atoms with E-state index in [1.165, 1.54) is 44.2 Å². The maximum absolute atomic E-state index is 13.2. The van der Waals surface area contributed by atoms with E-state index in [1.807, 2.05) is 0 Å². The van der Waals surface area contributed by atoms with Gasteiger partial charge in [0, 0.05) is 12.1 Å². The van der Waals surface area contributed by atoms with Crippen molar-refractivity contribution in [1.29, 1.82) is 0 Å². The molecule has 2 rings (SSSR count). The summed E-state index contributed by atoms with van der Waals surface area (Å²) in [5.41, 5.74) is 0.750. The summed E-state index contributed by atoms with van der Waals surface area (Å²) in [7, 11) is 0. The zero-order valence-electron chi connectivity index (χ0n) is 12.3. The van der Waals surface area contributed by atoms with Crippen molar-refractivity contribution in [3.63, 3.8) is 0 Å². The van der Waals surface area contributed by atoms with Gasteiger partial charge in [0.25, 0.3) is 0 Å². The Morgan fingerprint density at radius 3 is 2.40 bits per heavy atom. The molecule has 0 spiro atoms. The molecule has 1 fully saturated rings. The van der Waals surface area contributed by atoms with E-state index in [-0.39, 0.29) is 0 Å². The van der Waals surface area contributed by atoms with Crippen molar-refractivity contribution in [1.82, 2.24) is 5.32 Å². The van der Waals surface area contributed by atoms with E-state index in [2.05, 4.69) is 12.2 Å². The van der Waals surface area contributed by atoms with Gasteiger partial charge in [-0.15, -0.1) is 0 Å². The van der Waals surface area contributed by atoms with E-state index in [1.54, 1.807) is 0 Å². The van der Waals surface area contributed by atoms with Crippen LogP contribution in [0.3, 0.4) is 0 Å². The molecule has 0 bridgehead atoms. The third-order valence-electron chi connectivity index (χ3n) is 4.30. The highest BCUT2D eigenvalue weighted by atomic mass is 19.1. The molecule has 20 heavy (non-hydrogen) atoms. The predicted octanol–water partition coefficient (Wildman–Crippen LogP) is 4.46. The third-order valence-corrected chi connectivity index (χ3v) is 4.30. The second-order valence-corrected chi connectivity index (χ2v) is 5.96. The molecular formula is C17H25F2N. The minimum Gasteiger partial charge on any atom is -0.314 e. The summed E-state index contributed by atoms with van der Waals surface area (Å²) in [4.78, 5) is 0. The average Bonchev–Trinajstić information content (AvgIpc) is 2.88. The topological polar surface area (TPSA) is 12.0 Å². The van der Waals surface area contributed by atoms with Crippen LogP contribution in [0.25, 0.3) is 0 Å². The fourth-order valence-electron chi connectivity index (χ4n) is 3.31. The number of hydrogen-bond donors (Lipinski definition) is 1. The van der Waals surface area contributed by atoms with Crippen LogP contribution in [0.15, 0.2) is 18.2 Å². The van der Waals surface area contributed by atoms with E-state index in [9.17, 15) is 8.78 Å². The fraction of sp³-hybridized carbons (Fsp3) is 0.647. The first-order valence-corrected chi connectivity index (χ1v) is 7.85. The van der Waals surface area contributed by atoms with Gasteiger partial charge in [-0.25, -0.2) is 8.78 Å². The number of benzene rings is 1. The monoisotopic (exact) mass is 281 g/mol. The van der Waals surface area contributed by atoms with E-state index in [0.29, 0.717) is 12.5 Å². The summed E-state index contributed by atoms with van der Waals surface area (Å²) in [5.74, 6) is -0.0996. The lowest BCUT2D eigenvalue weighted by molar-refractivity contribution is 0.406. The van der Waals surface area contributed by atoms with Crippen LogP contribution >= 0.6 is 0 Å².